The third-order valence-corrected chi connectivity index (χ3v) is 4.19. The number of aromatic nitrogens is 2. The van der Waals surface area contributed by atoms with Crippen LogP contribution < -0.4 is 5.43 Å². The fourth-order valence-electron chi connectivity index (χ4n) is 2.80. The van der Waals surface area contributed by atoms with Gasteiger partial charge >= 0.3 is 0 Å². The first-order valence-electron chi connectivity index (χ1n) is 9.12. The summed E-state index contributed by atoms with van der Waals surface area (Å²) in [4.78, 5) is 0. The highest BCUT2D eigenvalue weighted by atomic mass is 15.3. The Morgan fingerprint density at radius 1 is 1.04 bits per heavy atom. The van der Waals surface area contributed by atoms with Crippen molar-refractivity contribution in [3.05, 3.63) is 71.9 Å². The summed E-state index contributed by atoms with van der Waals surface area (Å²) in [6.07, 6.45) is 10.4. The van der Waals surface area contributed by atoms with Gasteiger partial charge in [-0.05, 0) is 24.0 Å². The summed E-state index contributed by atoms with van der Waals surface area (Å²) in [5.74, 6) is 0.673. The van der Waals surface area contributed by atoms with Crippen LogP contribution in [0.15, 0.2) is 71.5 Å². The average molecular weight is 344 g/mol. The lowest BCUT2D eigenvalue weighted by Gasteiger charge is -2.05. The lowest BCUT2D eigenvalue weighted by atomic mass is 10.1. The first-order valence-corrected chi connectivity index (χ1v) is 9.12. The fraction of sp³-hybridized carbons (Fsp3) is 0.227. The van der Waals surface area contributed by atoms with E-state index in [4.69, 9.17) is 0 Å². The third-order valence-electron chi connectivity index (χ3n) is 4.19. The normalized spacial score (nSPS) is 12.0. The molecule has 1 aromatic heterocycles. The summed E-state index contributed by atoms with van der Waals surface area (Å²) in [5, 5.41) is 14.7. The zero-order valence-corrected chi connectivity index (χ0v) is 15.1. The summed E-state index contributed by atoms with van der Waals surface area (Å²) in [7, 11) is 0. The van der Waals surface area contributed by atoms with Crippen LogP contribution >= 0.6 is 0 Å². The molecule has 0 saturated carbocycles. The van der Waals surface area contributed by atoms with Gasteiger partial charge in [-0.3, -0.25) is 5.43 Å². The minimum absolute atomic E-state index is 0.673. The standard InChI is InChI=1S/C22H24N4/c1-2-3-5-12-19(15-18-10-6-4-7-11-18)16-23-25-22-21-14-9-8-13-20(21)17-24-26-22/h4,6-11,13-17H,2-3,5,12H2,1H3,(H,25,26)/b19-15+,23-16+. The van der Waals surface area contributed by atoms with Gasteiger partial charge in [-0.25, -0.2) is 0 Å². The molecular formula is C22H24N4. The molecule has 0 bridgehead atoms. The number of unbranched alkanes of at least 4 members (excludes halogenated alkanes) is 2. The molecular weight excluding hydrogens is 320 g/mol. The highest BCUT2D eigenvalue weighted by Gasteiger charge is 2.01. The van der Waals surface area contributed by atoms with Gasteiger partial charge in [0.2, 0.25) is 0 Å². The maximum Gasteiger partial charge on any atom is 0.176 e. The quantitative estimate of drug-likeness (QED) is 0.324. The summed E-state index contributed by atoms with van der Waals surface area (Å²) in [5.41, 5.74) is 5.44. The highest BCUT2D eigenvalue weighted by molar-refractivity contribution is 5.91. The molecule has 0 radical (unpaired) electrons. The zero-order chi connectivity index (χ0) is 18.0. The van der Waals surface area contributed by atoms with Gasteiger partial charge in [0.25, 0.3) is 0 Å². The van der Waals surface area contributed by atoms with Gasteiger partial charge in [-0.15, -0.1) is 5.10 Å². The van der Waals surface area contributed by atoms with Gasteiger partial charge < -0.3 is 0 Å². The van der Waals surface area contributed by atoms with Crippen LogP contribution in [0.5, 0.6) is 0 Å². The smallest absolute Gasteiger partial charge is 0.176 e. The van der Waals surface area contributed by atoms with Crippen molar-refractivity contribution in [2.75, 3.05) is 5.43 Å². The average Bonchev–Trinajstić information content (AvgIpc) is 2.69. The molecule has 0 fully saturated rings. The van der Waals surface area contributed by atoms with E-state index in [1.165, 1.54) is 24.0 Å². The molecule has 0 saturated heterocycles. The van der Waals surface area contributed by atoms with Gasteiger partial charge in [0.15, 0.2) is 5.82 Å². The van der Waals surface area contributed by atoms with E-state index in [2.05, 4.69) is 58.0 Å². The van der Waals surface area contributed by atoms with E-state index < -0.39 is 0 Å². The van der Waals surface area contributed by atoms with E-state index in [0.29, 0.717) is 5.82 Å². The monoisotopic (exact) mass is 344 g/mol. The van der Waals surface area contributed by atoms with E-state index in [1.807, 2.05) is 36.5 Å². The van der Waals surface area contributed by atoms with Crippen molar-refractivity contribution in [1.29, 1.82) is 0 Å². The molecule has 4 heteroatoms. The van der Waals surface area contributed by atoms with Crippen LogP contribution in [0.3, 0.4) is 0 Å². The first-order chi connectivity index (χ1) is 12.9. The Bertz CT molecular complexity index is 880. The minimum Gasteiger partial charge on any atom is -0.259 e. The minimum atomic E-state index is 0.673. The van der Waals surface area contributed by atoms with Crippen LogP contribution in [0.25, 0.3) is 16.8 Å². The zero-order valence-electron chi connectivity index (χ0n) is 15.1. The second-order valence-corrected chi connectivity index (χ2v) is 6.24. The largest absolute Gasteiger partial charge is 0.259 e. The number of hydrazone groups is 1. The maximum absolute atomic E-state index is 4.42. The summed E-state index contributed by atoms with van der Waals surface area (Å²) in [6, 6.07) is 18.4. The molecule has 132 valence electrons. The van der Waals surface area contributed by atoms with Gasteiger partial charge in [-0.1, -0.05) is 80.4 Å². The highest BCUT2D eigenvalue weighted by Crippen LogP contribution is 2.19. The Labute approximate surface area is 154 Å². The molecule has 0 aliphatic rings. The summed E-state index contributed by atoms with van der Waals surface area (Å²) < 4.78 is 0. The Hall–Kier alpha value is -3.01. The van der Waals surface area contributed by atoms with Crippen LogP contribution in [-0.2, 0) is 0 Å². The predicted octanol–water partition coefficient (Wildman–Crippen LogP) is 5.69. The number of hydrogen-bond donors (Lipinski definition) is 1. The molecule has 3 rings (SSSR count). The number of nitrogens with one attached hydrogen (secondary N) is 1. The summed E-state index contributed by atoms with van der Waals surface area (Å²) >= 11 is 0. The van der Waals surface area contributed by atoms with Crippen molar-refractivity contribution in [3.63, 3.8) is 0 Å². The molecule has 0 spiro atoms. The Morgan fingerprint density at radius 2 is 1.85 bits per heavy atom. The Morgan fingerprint density at radius 3 is 2.69 bits per heavy atom. The number of fused-ring (bicyclic) bond motifs is 1. The molecule has 0 amide bonds. The van der Waals surface area contributed by atoms with E-state index in [1.54, 1.807) is 6.20 Å². The van der Waals surface area contributed by atoms with Crippen molar-refractivity contribution < 1.29 is 0 Å². The molecule has 1 N–H and O–H groups in total. The van der Waals surface area contributed by atoms with Crippen molar-refractivity contribution in [1.82, 2.24) is 10.2 Å². The topological polar surface area (TPSA) is 50.2 Å². The van der Waals surface area contributed by atoms with Crippen LogP contribution in [0.4, 0.5) is 5.82 Å². The Kier molecular flexibility index (Phi) is 6.48. The van der Waals surface area contributed by atoms with Crippen molar-refractivity contribution >= 4 is 28.9 Å². The lowest BCUT2D eigenvalue weighted by Crippen LogP contribution is -1.97. The lowest BCUT2D eigenvalue weighted by molar-refractivity contribution is 0.724. The van der Waals surface area contributed by atoms with Gasteiger partial charge in [0.05, 0.1) is 12.4 Å². The first kappa shape index (κ1) is 17.8. The molecule has 0 atom stereocenters. The van der Waals surface area contributed by atoms with E-state index in [-0.39, 0.29) is 0 Å². The number of allylic oxidation sites excluding steroid dienone is 1. The van der Waals surface area contributed by atoms with Crippen LogP contribution in [0.2, 0.25) is 0 Å². The molecule has 0 aliphatic heterocycles. The van der Waals surface area contributed by atoms with E-state index in [0.717, 1.165) is 23.6 Å². The van der Waals surface area contributed by atoms with Crippen LogP contribution in [0, 0.1) is 0 Å². The second-order valence-electron chi connectivity index (χ2n) is 6.24. The molecule has 0 aliphatic carbocycles. The van der Waals surface area contributed by atoms with Crippen LogP contribution in [0.1, 0.15) is 38.2 Å². The maximum atomic E-state index is 4.42. The van der Waals surface area contributed by atoms with Crippen molar-refractivity contribution in [2.45, 2.75) is 32.6 Å². The molecule has 2 aromatic carbocycles. The molecule has 1 heterocycles. The number of nitrogens with zero attached hydrogens (tertiary/aromatic N) is 3. The van der Waals surface area contributed by atoms with Gasteiger partial charge in [-0.2, -0.15) is 10.2 Å². The second kappa shape index (κ2) is 9.47. The van der Waals surface area contributed by atoms with E-state index in [9.17, 15) is 0 Å². The molecule has 26 heavy (non-hydrogen) atoms. The third kappa shape index (κ3) is 4.99. The molecule has 4 nitrogen and oxygen atoms in total. The van der Waals surface area contributed by atoms with Gasteiger partial charge in [0.1, 0.15) is 0 Å². The fourth-order valence-corrected chi connectivity index (χ4v) is 2.80. The Balaban J connectivity index is 1.76. The van der Waals surface area contributed by atoms with E-state index >= 15 is 0 Å². The van der Waals surface area contributed by atoms with Gasteiger partial charge in [0, 0.05) is 10.8 Å². The predicted molar refractivity (Wildman–Crippen MR) is 110 cm³/mol. The SMILES string of the molecule is CCCCCC(/C=N/Nc1nncc2ccccc12)=C\c1ccccc1. The van der Waals surface area contributed by atoms with Crippen molar-refractivity contribution in [3.8, 4) is 0 Å². The van der Waals surface area contributed by atoms with Crippen LogP contribution in [-0.4, -0.2) is 16.4 Å². The summed E-state index contributed by atoms with van der Waals surface area (Å²) in [6.45, 7) is 2.22. The number of rotatable bonds is 8. The number of hydrogen-bond acceptors (Lipinski definition) is 4. The molecule has 3 aromatic rings. The number of benzene rings is 2. The number of anilines is 1. The molecule has 0 unspecified atom stereocenters. The van der Waals surface area contributed by atoms with Crippen molar-refractivity contribution in [2.24, 2.45) is 5.10 Å².